The lowest BCUT2D eigenvalue weighted by molar-refractivity contribution is 0.112. The van der Waals surface area contributed by atoms with Crippen LogP contribution < -0.4 is 4.74 Å². The number of hydrogen-bond acceptors (Lipinski definition) is 4. The van der Waals surface area contributed by atoms with E-state index < -0.39 is 0 Å². The molecule has 0 aliphatic carbocycles. The first kappa shape index (κ1) is 12.3. The zero-order valence-electron chi connectivity index (χ0n) is 9.14. The molecule has 1 aromatic carbocycles. The third-order valence-electron chi connectivity index (χ3n) is 2.13. The highest BCUT2D eigenvalue weighted by atomic mass is 79.9. The number of aldehydes is 1. The van der Waals surface area contributed by atoms with E-state index in [4.69, 9.17) is 4.74 Å². The molecule has 0 saturated heterocycles. The van der Waals surface area contributed by atoms with E-state index in [1.807, 2.05) is 13.1 Å². The molecule has 2 rings (SSSR count). The van der Waals surface area contributed by atoms with Crippen molar-refractivity contribution in [2.24, 2.45) is 0 Å². The maximum Gasteiger partial charge on any atom is 0.150 e. The fourth-order valence-electron chi connectivity index (χ4n) is 1.33. The highest BCUT2D eigenvalue weighted by Crippen LogP contribution is 2.26. The first-order valence-electron chi connectivity index (χ1n) is 4.98. The van der Waals surface area contributed by atoms with Gasteiger partial charge in [0.1, 0.15) is 18.6 Å². The molecule has 0 aliphatic rings. The summed E-state index contributed by atoms with van der Waals surface area (Å²) in [6.07, 6.45) is 2.62. The third-order valence-corrected chi connectivity index (χ3v) is 3.64. The second kappa shape index (κ2) is 5.42. The molecule has 1 aromatic heterocycles. The predicted octanol–water partition coefficient (Wildman–Crippen LogP) is 3.61. The maximum atomic E-state index is 10.6. The minimum atomic E-state index is 0.491. The zero-order valence-corrected chi connectivity index (χ0v) is 11.5. The Kier molecular flexibility index (Phi) is 3.91. The van der Waals surface area contributed by atoms with Crippen molar-refractivity contribution in [1.82, 2.24) is 4.98 Å². The van der Waals surface area contributed by atoms with E-state index >= 15 is 0 Å². The lowest BCUT2D eigenvalue weighted by atomic mass is 10.2. The molecule has 0 aliphatic heterocycles. The molecule has 0 amide bonds. The van der Waals surface area contributed by atoms with E-state index in [0.29, 0.717) is 12.2 Å². The lowest BCUT2D eigenvalue weighted by Crippen LogP contribution is -1.94. The summed E-state index contributed by atoms with van der Waals surface area (Å²) in [5, 5.41) is 1.03. The van der Waals surface area contributed by atoms with Crippen LogP contribution in [0.25, 0.3) is 0 Å². The quantitative estimate of drug-likeness (QED) is 0.810. The van der Waals surface area contributed by atoms with Crippen LogP contribution >= 0.6 is 27.3 Å². The van der Waals surface area contributed by atoms with E-state index in [2.05, 4.69) is 20.9 Å². The average Bonchev–Trinajstić information content (AvgIpc) is 2.73. The number of benzene rings is 1. The molecule has 5 heteroatoms. The summed E-state index contributed by atoms with van der Waals surface area (Å²) < 4.78 is 6.42. The smallest absolute Gasteiger partial charge is 0.150 e. The molecule has 3 nitrogen and oxygen atoms in total. The number of halogens is 1. The highest BCUT2D eigenvalue weighted by Gasteiger charge is 2.04. The maximum absolute atomic E-state index is 10.6. The Hall–Kier alpha value is -1.20. The Morgan fingerprint density at radius 3 is 2.94 bits per heavy atom. The van der Waals surface area contributed by atoms with Gasteiger partial charge < -0.3 is 4.74 Å². The average molecular weight is 312 g/mol. The summed E-state index contributed by atoms with van der Waals surface area (Å²) in [6.45, 7) is 2.45. The highest BCUT2D eigenvalue weighted by molar-refractivity contribution is 9.10. The molecule has 88 valence electrons. The van der Waals surface area contributed by atoms with Gasteiger partial charge in [0.2, 0.25) is 0 Å². The van der Waals surface area contributed by atoms with Crippen LogP contribution in [0.3, 0.4) is 0 Å². The van der Waals surface area contributed by atoms with Crippen LogP contribution in [0.5, 0.6) is 5.75 Å². The first-order valence-corrected chi connectivity index (χ1v) is 6.59. The van der Waals surface area contributed by atoms with Crippen LogP contribution in [0.2, 0.25) is 0 Å². The number of carbonyl (C=O) groups is 1. The van der Waals surface area contributed by atoms with Crippen molar-refractivity contribution >= 4 is 33.6 Å². The third kappa shape index (κ3) is 3.14. The van der Waals surface area contributed by atoms with Gasteiger partial charge >= 0.3 is 0 Å². The van der Waals surface area contributed by atoms with E-state index in [9.17, 15) is 4.79 Å². The number of rotatable bonds is 4. The standard InChI is InChI=1S/C12H10BrNO2S/c1-8-14-5-10(17-8)7-16-12-3-2-9(6-15)4-11(12)13/h2-6H,7H2,1H3. The number of ether oxygens (including phenoxy) is 1. The molecule has 0 bridgehead atoms. The molecule has 2 aromatic rings. The van der Waals surface area contributed by atoms with Gasteiger partial charge in [-0.15, -0.1) is 11.3 Å². The first-order chi connectivity index (χ1) is 8.19. The van der Waals surface area contributed by atoms with Crippen molar-refractivity contribution in [3.63, 3.8) is 0 Å². The van der Waals surface area contributed by atoms with Crippen molar-refractivity contribution < 1.29 is 9.53 Å². The van der Waals surface area contributed by atoms with E-state index in [1.165, 1.54) is 0 Å². The summed E-state index contributed by atoms with van der Waals surface area (Å²) in [5.74, 6) is 0.724. The lowest BCUT2D eigenvalue weighted by Gasteiger charge is -2.06. The summed E-state index contributed by atoms with van der Waals surface area (Å²) in [5.41, 5.74) is 0.623. The van der Waals surface area contributed by atoms with E-state index in [1.54, 1.807) is 29.5 Å². The number of aryl methyl sites for hydroxylation is 1. The Morgan fingerprint density at radius 1 is 1.53 bits per heavy atom. The summed E-state index contributed by atoms with van der Waals surface area (Å²) in [6, 6.07) is 5.24. The Morgan fingerprint density at radius 2 is 2.35 bits per heavy atom. The molecule has 17 heavy (non-hydrogen) atoms. The normalized spacial score (nSPS) is 10.2. The van der Waals surface area contributed by atoms with Gasteiger partial charge in [-0.1, -0.05) is 0 Å². The van der Waals surface area contributed by atoms with E-state index in [0.717, 1.165) is 26.4 Å². The van der Waals surface area contributed by atoms with Gasteiger partial charge in [-0.05, 0) is 41.1 Å². The molecule has 0 radical (unpaired) electrons. The Bertz CT molecular complexity index is 539. The largest absolute Gasteiger partial charge is 0.487 e. The van der Waals surface area contributed by atoms with Gasteiger partial charge in [0.25, 0.3) is 0 Å². The van der Waals surface area contributed by atoms with Crippen molar-refractivity contribution in [1.29, 1.82) is 0 Å². The van der Waals surface area contributed by atoms with Gasteiger partial charge in [-0.25, -0.2) is 4.98 Å². The van der Waals surface area contributed by atoms with Gasteiger partial charge in [-0.3, -0.25) is 4.79 Å². The molecule has 0 atom stereocenters. The van der Waals surface area contributed by atoms with E-state index in [-0.39, 0.29) is 0 Å². The number of nitrogens with zero attached hydrogens (tertiary/aromatic N) is 1. The number of aromatic nitrogens is 1. The molecular weight excluding hydrogens is 302 g/mol. The second-order valence-electron chi connectivity index (χ2n) is 3.44. The molecule has 0 saturated carbocycles. The predicted molar refractivity (Wildman–Crippen MR) is 70.7 cm³/mol. The monoisotopic (exact) mass is 311 g/mol. The van der Waals surface area contributed by atoms with Crippen molar-refractivity contribution in [3.05, 3.63) is 44.3 Å². The van der Waals surface area contributed by atoms with Crippen LogP contribution in [0.1, 0.15) is 20.2 Å². The molecule has 0 fully saturated rings. The topological polar surface area (TPSA) is 39.2 Å². The SMILES string of the molecule is Cc1ncc(COc2ccc(C=O)cc2Br)s1. The van der Waals surface area contributed by atoms with Gasteiger partial charge in [0.15, 0.2) is 0 Å². The fraction of sp³-hybridized carbons (Fsp3) is 0.167. The van der Waals surface area contributed by atoms with Crippen molar-refractivity contribution in [3.8, 4) is 5.75 Å². The minimum absolute atomic E-state index is 0.491. The van der Waals surface area contributed by atoms with Crippen LogP contribution in [-0.2, 0) is 6.61 Å². The van der Waals surface area contributed by atoms with Gasteiger partial charge in [-0.2, -0.15) is 0 Å². The molecule has 0 N–H and O–H groups in total. The summed E-state index contributed by atoms with van der Waals surface area (Å²) in [7, 11) is 0. The Balaban J connectivity index is 2.06. The van der Waals surface area contributed by atoms with Crippen LogP contribution in [0.15, 0.2) is 28.9 Å². The summed E-state index contributed by atoms with van der Waals surface area (Å²) in [4.78, 5) is 15.8. The fourth-order valence-corrected chi connectivity index (χ4v) is 2.55. The van der Waals surface area contributed by atoms with Crippen LogP contribution in [0, 0.1) is 6.92 Å². The van der Waals surface area contributed by atoms with Gasteiger partial charge in [0, 0.05) is 11.8 Å². The second-order valence-corrected chi connectivity index (χ2v) is 5.62. The molecular formula is C12H10BrNO2S. The molecule has 0 spiro atoms. The number of hydrogen-bond donors (Lipinski definition) is 0. The van der Waals surface area contributed by atoms with Crippen molar-refractivity contribution in [2.75, 3.05) is 0 Å². The van der Waals surface area contributed by atoms with Crippen molar-refractivity contribution in [2.45, 2.75) is 13.5 Å². The number of carbonyl (C=O) groups excluding carboxylic acids is 1. The molecule has 0 unspecified atom stereocenters. The zero-order chi connectivity index (χ0) is 12.3. The van der Waals surface area contributed by atoms with Crippen LogP contribution in [0.4, 0.5) is 0 Å². The minimum Gasteiger partial charge on any atom is -0.487 e. The van der Waals surface area contributed by atoms with Gasteiger partial charge in [0.05, 0.1) is 14.4 Å². The Labute approximate surface area is 112 Å². The number of thiazole rings is 1. The van der Waals surface area contributed by atoms with Crippen LogP contribution in [-0.4, -0.2) is 11.3 Å². The summed E-state index contributed by atoms with van der Waals surface area (Å²) >= 11 is 4.98. The molecule has 1 heterocycles.